The van der Waals surface area contributed by atoms with Gasteiger partial charge >= 0.3 is 12.1 Å². The van der Waals surface area contributed by atoms with Crippen LogP contribution in [0.2, 0.25) is 0 Å². The number of alkyl halides is 3. The molecule has 1 saturated heterocycles. The largest absolute Gasteiger partial charge is 0.480 e. The Kier molecular flexibility index (Phi) is 4.71. The van der Waals surface area contributed by atoms with Crippen molar-refractivity contribution < 1.29 is 24.5 Å². The Morgan fingerprint density at radius 1 is 1.41 bits per heavy atom. The minimum absolute atomic E-state index is 0.0435. The van der Waals surface area contributed by atoms with Crippen molar-refractivity contribution in [1.82, 2.24) is 4.90 Å². The summed E-state index contributed by atoms with van der Waals surface area (Å²) in [7, 11) is 0. The van der Waals surface area contributed by atoms with Crippen molar-refractivity contribution >= 4 is 46.9 Å². The summed E-state index contributed by atoms with van der Waals surface area (Å²) < 4.78 is 2.88. The number of carbonyl (C=O) groups is 2. The number of hydrogen-bond donors (Lipinski definition) is 2. The summed E-state index contributed by atoms with van der Waals surface area (Å²) in [5.74, 6) is -1.22. The van der Waals surface area contributed by atoms with Crippen LogP contribution in [-0.4, -0.2) is 56.3 Å². The Morgan fingerprint density at radius 2 is 2.00 bits per heavy atom. The molecule has 0 aromatic heterocycles. The molecule has 2 N–H and O–H groups in total. The third-order valence-corrected chi connectivity index (χ3v) is 2.49. The predicted molar refractivity (Wildman–Crippen MR) is 60.4 cm³/mol. The van der Waals surface area contributed by atoms with Crippen LogP contribution >= 0.6 is 34.8 Å². The number of carbonyl (C=O) groups excluding carboxylic acids is 1. The molecular formula is C8H10Cl3NO5. The molecule has 2 atom stereocenters. The maximum Gasteiger partial charge on any atom is 0.410 e. The van der Waals surface area contributed by atoms with Gasteiger partial charge in [-0.1, -0.05) is 34.8 Å². The van der Waals surface area contributed by atoms with Crippen LogP contribution in [0.3, 0.4) is 0 Å². The average molecular weight is 307 g/mol. The van der Waals surface area contributed by atoms with E-state index in [4.69, 9.17) is 39.9 Å². The Bertz CT molecular complexity index is 319. The van der Waals surface area contributed by atoms with Gasteiger partial charge in [-0.25, -0.2) is 9.59 Å². The van der Waals surface area contributed by atoms with E-state index in [-0.39, 0.29) is 13.0 Å². The number of amides is 1. The molecule has 0 aromatic carbocycles. The topological polar surface area (TPSA) is 87.1 Å². The first-order valence-corrected chi connectivity index (χ1v) is 5.75. The Morgan fingerprint density at radius 3 is 2.47 bits per heavy atom. The third-order valence-electron chi connectivity index (χ3n) is 2.16. The summed E-state index contributed by atoms with van der Waals surface area (Å²) in [5, 5.41) is 18.1. The van der Waals surface area contributed by atoms with E-state index in [1.165, 1.54) is 0 Å². The van der Waals surface area contributed by atoms with E-state index in [1.54, 1.807) is 0 Å². The van der Waals surface area contributed by atoms with Crippen molar-refractivity contribution in [3.05, 3.63) is 0 Å². The number of β-amino-alcohol motifs (C(OH)–C–C–N with tert-alkyl or cyclic N) is 1. The quantitative estimate of drug-likeness (QED) is 0.744. The lowest BCUT2D eigenvalue weighted by atomic mass is 10.2. The lowest BCUT2D eigenvalue weighted by Crippen LogP contribution is -2.41. The third kappa shape index (κ3) is 4.39. The molecule has 0 aromatic rings. The summed E-state index contributed by atoms with van der Waals surface area (Å²) in [5.41, 5.74) is 0. The van der Waals surface area contributed by atoms with E-state index in [2.05, 4.69) is 4.74 Å². The molecule has 17 heavy (non-hydrogen) atoms. The van der Waals surface area contributed by atoms with Gasteiger partial charge in [0.15, 0.2) is 0 Å². The maximum atomic E-state index is 11.5. The van der Waals surface area contributed by atoms with Crippen molar-refractivity contribution in [2.75, 3.05) is 13.2 Å². The fourth-order valence-corrected chi connectivity index (χ4v) is 1.64. The zero-order valence-corrected chi connectivity index (χ0v) is 10.7. The van der Waals surface area contributed by atoms with Gasteiger partial charge in [0, 0.05) is 6.42 Å². The van der Waals surface area contributed by atoms with Gasteiger partial charge < -0.3 is 14.9 Å². The zero-order valence-electron chi connectivity index (χ0n) is 8.48. The summed E-state index contributed by atoms with van der Waals surface area (Å²) in [4.78, 5) is 23.2. The van der Waals surface area contributed by atoms with Gasteiger partial charge in [0.05, 0.1) is 12.6 Å². The summed E-state index contributed by atoms with van der Waals surface area (Å²) in [6.07, 6.45) is -1.87. The Balaban J connectivity index is 2.59. The average Bonchev–Trinajstić information content (AvgIpc) is 2.55. The van der Waals surface area contributed by atoms with E-state index in [1.807, 2.05) is 0 Å². The van der Waals surface area contributed by atoms with Crippen molar-refractivity contribution in [1.29, 1.82) is 0 Å². The maximum absolute atomic E-state index is 11.5. The fraction of sp³-hybridized carbons (Fsp3) is 0.750. The standard InChI is InChI=1S/C8H10Cl3NO5/c9-8(10,11)3-17-7(16)12-2-4(13)1-5(12)6(14)15/h4-5,13H,1-3H2,(H,14,15)/t4?,5-/m0/s1. The minimum Gasteiger partial charge on any atom is -0.480 e. The molecular weight excluding hydrogens is 296 g/mol. The van der Waals surface area contributed by atoms with E-state index < -0.39 is 34.6 Å². The van der Waals surface area contributed by atoms with E-state index in [0.717, 1.165) is 4.90 Å². The lowest BCUT2D eigenvalue weighted by molar-refractivity contribution is -0.141. The molecule has 1 heterocycles. The van der Waals surface area contributed by atoms with Crippen LogP contribution in [0.25, 0.3) is 0 Å². The van der Waals surface area contributed by atoms with Crippen LogP contribution in [0.15, 0.2) is 0 Å². The van der Waals surface area contributed by atoms with Crippen molar-refractivity contribution in [3.8, 4) is 0 Å². The van der Waals surface area contributed by atoms with Crippen molar-refractivity contribution in [2.24, 2.45) is 0 Å². The summed E-state index contributed by atoms with van der Waals surface area (Å²) in [6, 6.07) is -1.12. The van der Waals surface area contributed by atoms with E-state index >= 15 is 0 Å². The SMILES string of the molecule is O=C(O)[C@@H]1CC(O)CN1C(=O)OCC(Cl)(Cl)Cl. The second kappa shape index (κ2) is 5.48. The number of carboxylic acids is 1. The number of aliphatic hydroxyl groups is 1. The normalized spacial score (nSPS) is 24.8. The second-order valence-electron chi connectivity index (χ2n) is 3.57. The van der Waals surface area contributed by atoms with Gasteiger partial charge in [-0.05, 0) is 0 Å². The highest BCUT2D eigenvalue weighted by Crippen LogP contribution is 2.27. The van der Waals surface area contributed by atoms with Gasteiger partial charge in [0.25, 0.3) is 0 Å². The van der Waals surface area contributed by atoms with Crippen LogP contribution in [-0.2, 0) is 9.53 Å². The molecule has 0 saturated carbocycles. The smallest absolute Gasteiger partial charge is 0.410 e. The Hall–Kier alpha value is -0.430. The molecule has 6 nitrogen and oxygen atoms in total. The molecule has 9 heteroatoms. The first kappa shape index (κ1) is 14.6. The molecule has 1 amide bonds. The highest BCUT2D eigenvalue weighted by Gasteiger charge is 2.40. The van der Waals surface area contributed by atoms with Gasteiger partial charge in [-0.15, -0.1) is 0 Å². The monoisotopic (exact) mass is 305 g/mol. The van der Waals surface area contributed by atoms with Crippen molar-refractivity contribution in [3.63, 3.8) is 0 Å². The first-order chi connectivity index (χ1) is 7.70. The molecule has 1 rings (SSSR count). The predicted octanol–water partition coefficient (Wildman–Crippen LogP) is 1.01. The van der Waals surface area contributed by atoms with Crippen LogP contribution in [0.5, 0.6) is 0 Å². The number of likely N-dealkylation sites (tertiary alicyclic amines) is 1. The highest BCUT2D eigenvalue weighted by atomic mass is 35.6. The Labute approximate surface area is 112 Å². The molecule has 0 bridgehead atoms. The number of nitrogens with zero attached hydrogens (tertiary/aromatic N) is 1. The molecule has 1 unspecified atom stereocenters. The molecule has 1 aliphatic heterocycles. The zero-order chi connectivity index (χ0) is 13.2. The number of carboxylic acid groups (broad SMARTS) is 1. The van der Waals surface area contributed by atoms with Crippen LogP contribution in [0, 0.1) is 0 Å². The molecule has 98 valence electrons. The molecule has 1 aliphatic rings. The number of rotatable bonds is 2. The minimum atomic E-state index is -1.76. The number of aliphatic carboxylic acids is 1. The highest BCUT2D eigenvalue weighted by molar-refractivity contribution is 6.67. The van der Waals surface area contributed by atoms with Crippen molar-refractivity contribution in [2.45, 2.75) is 22.4 Å². The van der Waals surface area contributed by atoms with Gasteiger partial charge in [0.2, 0.25) is 3.79 Å². The lowest BCUT2D eigenvalue weighted by Gasteiger charge is -2.21. The van der Waals surface area contributed by atoms with Crippen LogP contribution < -0.4 is 0 Å². The van der Waals surface area contributed by atoms with Gasteiger partial charge in [-0.3, -0.25) is 4.90 Å². The molecule has 0 radical (unpaired) electrons. The molecule has 1 fully saturated rings. The summed E-state index contributed by atoms with van der Waals surface area (Å²) >= 11 is 16.1. The number of aliphatic hydroxyl groups excluding tert-OH is 1. The van der Waals surface area contributed by atoms with Crippen LogP contribution in [0.1, 0.15) is 6.42 Å². The molecule has 0 aliphatic carbocycles. The van der Waals surface area contributed by atoms with E-state index in [0.29, 0.717) is 0 Å². The summed E-state index contributed by atoms with van der Waals surface area (Å²) in [6.45, 7) is -0.606. The van der Waals surface area contributed by atoms with E-state index in [9.17, 15) is 14.7 Å². The number of ether oxygens (including phenoxy) is 1. The molecule has 0 spiro atoms. The van der Waals surface area contributed by atoms with Crippen LogP contribution in [0.4, 0.5) is 4.79 Å². The second-order valence-corrected chi connectivity index (χ2v) is 6.08. The van der Waals surface area contributed by atoms with Gasteiger partial charge in [0.1, 0.15) is 12.6 Å². The fourth-order valence-electron chi connectivity index (χ4n) is 1.48. The number of hydrogen-bond acceptors (Lipinski definition) is 4. The number of halogens is 3. The first-order valence-electron chi connectivity index (χ1n) is 4.61. The van der Waals surface area contributed by atoms with Gasteiger partial charge in [-0.2, -0.15) is 0 Å².